The first-order valence-electron chi connectivity index (χ1n) is 4.20. The maximum absolute atomic E-state index is 9.44. The van der Waals surface area contributed by atoms with E-state index in [0.717, 1.165) is 6.07 Å². The maximum atomic E-state index is 9.44. The van der Waals surface area contributed by atoms with Crippen molar-refractivity contribution in [3.8, 4) is 17.2 Å². The maximum Gasteiger partial charge on any atom is 0.162 e. The molecule has 78 valence electrons. The summed E-state index contributed by atoms with van der Waals surface area (Å²) in [5.74, 6) is -0.908. The molecular weight excluding hydrogens is 206 g/mol. The number of aromatic hydroxyl groups is 3. The number of phenolic OH excluding ortho intramolecular Hbond substituents is 3. The average molecular weight is 218 g/mol. The molecule has 1 aromatic rings. The van der Waals surface area contributed by atoms with Gasteiger partial charge in [-0.05, 0) is 19.4 Å². The number of benzene rings is 1. The number of nitrogens with two attached hydrogens (primary N) is 1. The first kappa shape index (κ1) is 10.9. The van der Waals surface area contributed by atoms with Gasteiger partial charge in [0, 0.05) is 11.6 Å². The van der Waals surface area contributed by atoms with Gasteiger partial charge in [-0.15, -0.1) is 0 Å². The fourth-order valence-electron chi connectivity index (χ4n) is 1.18. The van der Waals surface area contributed by atoms with E-state index >= 15 is 0 Å². The first-order valence-corrected chi connectivity index (χ1v) is 4.58. The topological polar surface area (TPSA) is 86.7 Å². The second kappa shape index (κ2) is 4.39. The summed E-state index contributed by atoms with van der Waals surface area (Å²) < 4.78 is 0. The SMILES string of the molecule is NCCCc1c(O)c(O)cc(O)c1Cl. The van der Waals surface area contributed by atoms with Gasteiger partial charge in [-0.1, -0.05) is 11.6 Å². The fourth-order valence-corrected chi connectivity index (χ4v) is 1.42. The fraction of sp³-hybridized carbons (Fsp3) is 0.333. The molecule has 0 saturated carbocycles. The Labute approximate surface area is 86.6 Å². The Kier molecular flexibility index (Phi) is 3.43. The van der Waals surface area contributed by atoms with Gasteiger partial charge in [0.15, 0.2) is 11.5 Å². The highest BCUT2D eigenvalue weighted by Crippen LogP contribution is 2.40. The highest BCUT2D eigenvalue weighted by Gasteiger charge is 2.14. The van der Waals surface area contributed by atoms with Gasteiger partial charge in [-0.2, -0.15) is 0 Å². The first-order chi connectivity index (χ1) is 6.57. The molecule has 0 aliphatic rings. The Bertz CT molecular complexity index is 315. The Hall–Kier alpha value is -1.13. The lowest BCUT2D eigenvalue weighted by Gasteiger charge is -2.09. The molecule has 0 heterocycles. The lowest BCUT2D eigenvalue weighted by Crippen LogP contribution is -2.01. The third kappa shape index (κ3) is 2.02. The molecule has 0 radical (unpaired) electrons. The van der Waals surface area contributed by atoms with Crippen molar-refractivity contribution < 1.29 is 15.3 Å². The van der Waals surface area contributed by atoms with Crippen molar-refractivity contribution in [1.82, 2.24) is 0 Å². The molecule has 4 nitrogen and oxygen atoms in total. The van der Waals surface area contributed by atoms with Crippen molar-refractivity contribution in [2.75, 3.05) is 6.54 Å². The molecule has 0 amide bonds. The molecule has 0 bridgehead atoms. The van der Waals surface area contributed by atoms with Gasteiger partial charge in [0.05, 0.1) is 5.02 Å². The minimum Gasteiger partial charge on any atom is -0.506 e. The highest BCUT2D eigenvalue weighted by atomic mass is 35.5. The van der Waals surface area contributed by atoms with Gasteiger partial charge in [0.2, 0.25) is 0 Å². The standard InChI is InChI=1S/C9H12ClNO3/c10-8-5(2-1-3-11)9(14)7(13)4-6(8)12/h4,12-14H,1-3,11H2. The zero-order valence-electron chi connectivity index (χ0n) is 7.50. The molecule has 5 N–H and O–H groups in total. The van der Waals surface area contributed by atoms with Crippen LogP contribution in [0.5, 0.6) is 17.2 Å². The van der Waals surface area contributed by atoms with E-state index in [9.17, 15) is 15.3 Å². The zero-order valence-corrected chi connectivity index (χ0v) is 8.25. The summed E-state index contributed by atoms with van der Waals surface area (Å²) in [4.78, 5) is 0. The zero-order chi connectivity index (χ0) is 10.7. The second-order valence-corrected chi connectivity index (χ2v) is 3.33. The predicted octanol–water partition coefficient (Wildman–Crippen LogP) is 1.35. The number of hydrogen-bond donors (Lipinski definition) is 4. The van der Waals surface area contributed by atoms with Crippen molar-refractivity contribution in [2.24, 2.45) is 5.73 Å². The normalized spacial score (nSPS) is 10.4. The summed E-state index contributed by atoms with van der Waals surface area (Å²) in [6.45, 7) is 0.451. The highest BCUT2D eigenvalue weighted by molar-refractivity contribution is 6.33. The summed E-state index contributed by atoms with van der Waals surface area (Å²) in [7, 11) is 0. The molecule has 0 unspecified atom stereocenters. The summed E-state index contributed by atoms with van der Waals surface area (Å²) >= 11 is 5.74. The molecule has 0 aromatic heterocycles. The van der Waals surface area contributed by atoms with Crippen LogP contribution in [0.25, 0.3) is 0 Å². The lowest BCUT2D eigenvalue weighted by atomic mass is 10.1. The molecule has 1 rings (SSSR count). The minimum absolute atomic E-state index is 0.0637. The minimum atomic E-state index is -0.376. The van der Waals surface area contributed by atoms with Crippen molar-refractivity contribution >= 4 is 11.6 Å². The largest absolute Gasteiger partial charge is 0.506 e. The summed E-state index contributed by atoms with van der Waals surface area (Å²) in [6, 6.07) is 1.00. The van der Waals surface area contributed by atoms with E-state index in [1.165, 1.54) is 0 Å². The number of phenols is 3. The molecular formula is C9H12ClNO3. The summed E-state index contributed by atoms with van der Waals surface area (Å²) in [5, 5.41) is 28.0. The third-order valence-electron chi connectivity index (χ3n) is 1.92. The molecule has 0 fully saturated rings. The van der Waals surface area contributed by atoms with Gasteiger partial charge in [0.1, 0.15) is 5.75 Å². The molecule has 0 aliphatic heterocycles. The Morgan fingerprint density at radius 1 is 1.21 bits per heavy atom. The van der Waals surface area contributed by atoms with Crippen LogP contribution in [0.3, 0.4) is 0 Å². The Morgan fingerprint density at radius 2 is 1.86 bits per heavy atom. The average Bonchev–Trinajstić information content (AvgIpc) is 2.15. The lowest BCUT2D eigenvalue weighted by molar-refractivity contribution is 0.391. The Balaban J connectivity index is 3.11. The van der Waals surface area contributed by atoms with Crippen LogP contribution in [0, 0.1) is 0 Å². The van der Waals surface area contributed by atoms with Gasteiger partial charge < -0.3 is 21.1 Å². The van der Waals surface area contributed by atoms with E-state index in [1.54, 1.807) is 0 Å². The summed E-state index contributed by atoms with van der Waals surface area (Å²) in [5.41, 5.74) is 5.63. The molecule has 14 heavy (non-hydrogen) atoms. The van der Waals surface area contributed by atoms with E-state index in [0.29, 0.717) is 24.9 Å². The molecule has 0 spiro atoms. The van der Waals surface area contributed by atoms with Crippen molar-refractivity contribution in [3.63, 3.8) is 0 Å². The predicted molar refractivity (Wildman–Crippen MR) is 53.8 cm³/mol. The number of rotatable bonds is 3. The molecule has 0 saturated heterocycles. The van der Waals surface area contributed by atoms with Crippen molar-refractivity contribution in [1.29, 1.82) is 0 Å². The van der Waals surface area contributed by atoms with Crippen LogP contribution < -0.4 is 5.73 Å². The molecule has 1 aromatic carbocycles. The van der Waals surface area contributed by atoms with Crippen LogP contribution >= 0.6 is 11.6 Å². The number of hydrogen-bond acceptors (Lipinski definition) is 4. The van der Waals surface area contributed by atoms with E-state index < -0.39 is 0 Å². The van der Waals surface area contributed by atoms with Crippen molar-refractivity contribution in [2.45, 2.75) is 12.8 Å². The molecule has 0 aliphatic carbocycles. The third-order valence-corrected chi connectivity index (χ3v) is 2.34. The number of halogens is 1. The Morgan fingerprint density at radius 3 is 2.43 bits per heavy atom. The monoisotopic (exact) mass is 217 g/mol. The van der Waals surface area contributed by atoms with Crippen LogP contribution in [0.2, 0.25) is 5.02 Å². The van der Waals surface area contributed by atoms with Gasteiger partial charge in [-0.3, -0.25) is 0 Å². The molecule has 0 atom stereocenters. The quantitative estimate of drug-likeness (QED) is 0.455. The van der Waals surface area contributed by atoms with Crippen LogP contribution in [0.4, 0.5) is 0 Å². The smallest absolute Gasteiger partial charge is 0.162 e. The molecule has 5 heteroatoms. The van der Waals surface area contributed by atoms with E-state index in [-0.39, 0.29) is 22.3 Å². The van der Waals surface area contributed by atoms with Crippen LogP contribution in [0.1, 0.15) is 12.0 Å². The van der Waals surface area contributed by atoms with Crippen molar-refractivity contribution in [3.05, 3.63) is 16.7 Å². The van der Waals surface area contributed by atoms with E-state index in [1.807, 2.05) is 0 Å². The van der Waals surface area contributed by atoms with Gasteiger partial charge in [0.25, 0.3) is 0 Å². The van der Waals surface area contributed by atoms with Crippen LogP contribution in [-0.2, 0) is 6.42 Å². The van der Waals surface area contributed by atoms with Gasteiger partial charge in [-0.25, -0.2) is 0 Å². The van der Waals surface area contributed by atoms with Crippen LogP contribution in [0.15, 0.2) is 6.07 Å². The van der Waals surface area contributed by atoms with E-state index in [2.05, 4.69) is 0 Å². The van der Waals surface area contributed by atoms with Crippen LogP contribution in [-0.4, -0.2) is 21.9 Å². The summed E-state index contributed by atoms with van der Waals surface area (Å²) in [6.07, 6.45) is 1.04. The second-order valence-electron chi connectivity index (χ2n) is 2.95. The van der Waals surface area contributed by atoms with E-state index in [4.69, 9.17) is 17.3 Å². The van der Waals surface area contributed by atoms with Gasteiger partial charge >= 0.3 is 0 Å².